The summed E-state index contributed by atoms with van der Waals surface area (Å²) in [6.45, 7) is 6.09. The molecule has 6 nitrogen and oxygen atoms in total. The van der Waals surface area contributed by atoms with Crippen LogP contribution in [0.1, 0.15) is 10.5 Å². The lowest BCUT2D eigenvalue weighted by Gasteiger charge is -2.35. The minimum atomic E-state index is 0.674. The van der Waals surface area contributed by atoms with E-state index >= 15 is 0 Å². The van der Waals surface area contributed by atoms with Crippen LogP contribution in [0.25, 0.3) is 4.96 Å². The summed E-state index contributed by atoms with van der Waals surface area (Å²) in [7, 11) is 4.20. The fourth-order valence-corrected chi connectivity index (χ4v) is 3.37. The quantitative estimate of drug-likeness (QED) is 0.768. The second-order valence-corrected chi connectivity index (χ2v) is 6.50. The van der Waals surface area contributed by atoms with Crippen LogP contribution < -0.4 is 4.90 Å². The maximum absolute atomic E-state index is 11.4. The number of hydrogen-bond donors (Lipinski definition) is 0. The van der Waals surface area contributed by atoms with Crippen LogP contribution in [-0.2, 0) is 0 Å². The molecule has 0 amide bonds. The van der Waals surface area contributed by atoms with Gasteiger partial charge in [-0.05, 0) is 14.1 Å². The lowest BCUT2D eigenvalue weighted by atomic mass is 10.3. The average molecular weight is 307 g/mol. The maximum atomic E-state index is 11.4. The summed E-state index contributed by atoms with van der Waals surface area (Å²) >= 11 is 1.56. The van der Waals surface area contributed by atoms with Gasteiger partial charge in [0.2, 0.25) is 0 Å². The fraction of sp³-hybridized carbons (Fsp3) is 0.571. The summed E-state index contributed by atoms with van der Waals surface area (Å²) in [5, 5.41) is 1.96. The smallest absolute Gasteiger partial charge is 0.196 e. The van der Waals surface area contributed by atoms with Crippen molar-refractivity contribution < 1.29 is 4.79 Å². The van der Waals surface area contributed by atoms with Crippen LogP contribution in [0, 0.1) is 0 Å². The predicted molar refractivity (Wildman–Crippen MR) is 85.7 cm³/mol. The zero-order valence-electron chi connectivity index (χ0n) is 12.5. The highest BCUT2D eigenvalue weighted by molar-refractivity contribution is 7.15. The number of carbonyl (C=O) groups excluding carboxylic acids is 1. The van der Waals surface area contributed by atoms with Gasteiger partial charge in [-0.2, -0.15) is 0 Å². The van der Waals surface area contributed by atoms with Gasteiger partial charge in [-0.1, -0.05) is 0 Å². The van der Waals surface area contributed by atoms with Crippen molar-refractivity contribution in [1.29, 1.82) is 0 Å². The van der Waals surface area contributed by atoms with E-state index in [1.165, 1.54) is 0 Å². The normalized spacial score (nSPS) is 17.0. The van der Waals surface area contributed by atoms with Gasteiger partial charge in [-0.3, -0.25) is 14.1 Å². The molecule has 21 heavy (non-hydrogen) atoms. The largest absolute Gasteiger partial charge is 0.352 e. The van der Waals surface area contributed by atoms with E-state index in [-0.39, 0.29) is 0 Å². The Morgan fingerprint density at radius 1 is 1.33 bits per heavy atom. The van der Waals surface area contributed by atoms with Gasteiger partial charge in [-0.25, -0.2) is 4.98 Å². The molecule has 0 atom stereocenters. The predicted octanol–water partition coefficient (Wildman–Crippen LogP) is 0.892. The van der Waals surface area contributed by atoms with Crippen LogP contribution in [0.2, 0.25) is 0 Å². The topological polar surface area (TPSA) is 44.1 Å². The van der Waals surface area contributed by atoms with Gasteiger partial charge in [0.05, 0.1) is 0 Å². The lowest BCUT2D eigenvalue weighted by Crippen LogP contribution is -2.48. The summed E-state index contributed by atoms with van der Waals surface area (Å²) < 4.78 is 1.88. The highest BCUT2D eigenvalue weighted by Gasteiger charge is 2.23. The Hall–Kier alpha value is -1.44. The zero-order chi connectivity index (χ0) is 14.8. The number of rotatable bonds is 5. The Labute approximate surface area is 128 Å². The van der Waals surface area contributed by atoms with Crippen molar-refractivity contribution >= 4 is 28.4 Å². The number of aldehydes is 1. The zero-order valence-corrected chi connectivity index (χ0v) is 13.3. The van der Waals surface area contributed by atoms with Crippen LogP contribution in [0.4, 0.5) is 5.82 Å². The summed E-state index contributed by atoms with van der Waals surface area (Å²) in [5.74, 6) is 0.837. The van der Waals surface area contributed by atoms with E-state index in [0.29, 0.717) is 5.69 Å². The van der Waals surface area contributed by atoms with Gasteiger partial charge >= 0.3 is 0 Å². The molecule has 1 aliphatic rings. The molecule has 0 radical (unpaired) electrons. The summed E-state index contributed by atoms with van der Waals surface area (Å²) in [6, 6.07) is 0. The molecule has 0 unspecified atom stereocenters. The van der Waals surface area contributed by atoms with Crippen LogP contribution in [-0.4, -0.2) is 78.8 Å². The van der Waals surface area contributed by atoms with E-state index in [4.69, 9.17) is 0 Å². The first-order valence-electron chi connectivity index (χ1n) is 7.22. The molecule has 7 heteroatoms. The van der Waals surface area contributed by atoms with E-state index in [2.05, 4.69) is 33.8 Å². The summed E-state index contributed by atoms with van der Waals surface area (Å²) in [4.78, 5) is 23.8. The molecule has 1 aliphatic heterocycles. The van der Waals surface area contributed by atoms with Crippen LogP contribution >= 0.6 is 11.3 Å². The number of thiazole rings is 1. The molecular formula is C14H21N5OS. The van der Waals surface area contributed by atoms with Crippen molar-refractivity contribution in [2.75, 3.05) is 58.3 Å². The minimum Gasteiger partial charge on any atom is -0.352 e. The number of fused-ring (bicyclic) bond motifs is 1. The van der Waals surface area contributed by atoms with E-state index in [9.17, 15) is 4.79 Å². The number of nitrogens with zero attached hydrogens (tertiary/aromatic N) is 5. The molecule has 0 aromatic carbocycles. The molecule has 1 saturated heterocycles. The number of piperazine rings is 1. The minimum absolute atomic E-state index is 0.674. The molecule has 3 heterocycles. The van der Waals surface area contributed by atoms with E-state index < -0.39 is 0 Å². The highest BCUT2D eigenvalue weighted by atomic mass is 32.1. The second-order valence-electron chi connectivity index (χ2n) is 5.63. The van der Waals surface area contributed by atoms with Crippen LogP contribution in [0.3, 0.4) is 0 Å². The molecule has 114 valence electrons. The highest BCUT2D eigenvalue weighted by Crippen LogP contribution is 2.24. The third-order valence-corrected chi connectivity index (χ3v) is 4.68. The number of likely N-dealkylation sites (N-methyl/N-ethyl adjacent to an activating group) is 1. The van der Waals surface area contributed by atoms with Crippen molar-refractivity contribution in [3.63, 3.8) is 0 Å². The van der Waals surface area contributed by atoms with E-state index in [1.807, 2.05) is 16.0 Å². The van der Waals surface area contributed by atoms with Crippen LogP contribution in [0.15, 0.2) is 11.6 Å². The average Bonchev–Trinajstić information content (AvgIpc) is 3.05. The van der Waals surface area contributed by atoms with Gasteiger partial charge in [0.1, 0.15) is 5.69 Å². The maximum Gasteiger partial charge on any atom is 0.196 e. The fourth-order valence-electron chi connectivity index (χ4n) is 2.66. The standard InChI is InChI=1S/C14H21N5OS/c1-16(2)3-4-17-5-7-18(8-6-17)13-12(11-20)19-9-10-21-14(19)15-13/h9-11H,3-8H2,1-2H3. The molecular weight excluding hydrogens is 286 g/mol. The number of aromatic nitrogens is 2. The Kier molecular flexibility index (Phi) is 4.23. The third-order valence-electron chi connectivity index (χ3n) is 3.93. The van der Waals surface area contributed by atoms with Gasteiger partial charge in [-0.15, -0.1) is 11.3 Å². The molecule has 0 bridgehead atoms. The summed E-state index contributed by atoms with van der Waals surface area (Å²) in [5.41, 5.74) is 0.674. The van der Waals surface area contributed by atoms with Crippen molar-refractivity contribution in [2.45, 2.75) is 0 Å². The number of hydrogen-bond acceptors (Lipinski definition) is 6. The van der Waals surface area contributed by atoms with Gasteiger partial charge < -0.3 is 9.80 Å². The Balaban J connectivity index is 1.68. The first kappa shape index (κ1) is 14.5. The van der Waals surface area contributed by atoms with Gasteiger partial charge in [0.15, 0.2) is 17.1 Å². The molecule has 3 rings (SSSR count). The second kappa shape index (κ2) is 6.13. The molecule has 0 aliphatic carbocycles. The Morgan fingerprint density at radius 2 is 2.10 bits per heavy atom. The third kappa shape index (κ3) is 2.95. The van der Waals surface area contributed by atoms with E-state index in [1.54, 1.807) is 11.3 Å². The molecule has 0 saturated carbocycles. The van der Waals surface area contributed by atoms with Crippen molar-refractivity contribution in [2.24, 2.45) is 0 Å². The van der Waals surface area contributed by atoms with E-state index in [0.717, 1.165) is 56.3 Å². The number of carbonyl (C=O) groups is 1. The Morgan fingerprint density at radius 3 is 2.76 bits per heavy atom. The number of anilines is 1. The molecule has 1 fully saturated rings. The first-order chi connectivity index (χ1) is 10.2. The molecule has 2 aromatic heterocycles. The lowest BCUT2D eigenvalue weighted by molar-refractivity contribution is 0.111. The monoisotopic (exact) mass is 307 g/mol. The SMILES string of the molecule is CN(C)CCN1CCN(c2nc3sccn3c2C=O)CC1. The molecule has 0 N–H and O–H groups in total. The number of imidazole rings is 1. The van der Waals surface area contributed by atoms with Crippen molar-refractivity contribution in [3.8, 4) is 0 Å². The molecule has 2 aromatic rings. The van der Waals surface area contributed by atoms with Crippen LogP contribution in [0.5, 0.6) is 0 Å². The van der Waals surface area contributed by atoms with Crippen molar-refractivity contribution in [1.82, 2.24) is 19.2 Å². The summed E-state index contributed by atoms with van der Waals surface area (Å²) in [6.07, 6.45) is 2.83. The Bertz CT molecular complexity index is 612. The first-order valence-corrected chi connectivity index (χ1v) is 8.10. The van der Waals surface area contributed by atoms with Gasteiger partial charge in [0.25, 0.3) is 0 Å². The molecule has 0 spiro atoms. The van der Waals surface area contributed by atoms with Crippen molar-refractivity contribution in [3.05, 3.63) is 17.3 Å². The van der Waals surface area contributed by atoms with Gasteiger partial charge in [0, 0.05) is 50.8 Å².